The summed E-state index contributed by atoms with van der Waals surface area (Å²) in [6.45, 7) is 13.0. The Kier molecular flexibility index (Phi) is 3.98. The van der Waals surface area contributed by atoms with Crippen LogP contribution in [-0.4, -0.2) is 9.55 Å². The van der Waals surface area contributed by atoms with Crippen LogP contribution in [0.25, 0.3) is 11.3 Å². The van der Waals surface area contributed by atoms with Crippen molar-refractivity contribution in [2.24, 2.45) is 0 Å². The number of rotatable bonds is 4. The fourth-order valence-corrected chi connectivity index (χ4v) is 2.62. The number of allylic oxidation sites excluding steroid dienone is 1. The molecule has 0 aliphatic carbocycles. The predicted octanol–water partition coefficient (Wildman–Crippen LogP) is 4.06. The van der Waals surface area contributed by atoms with E-state index in [1.807, 2.05) is 6.08 Å². The Morgan fingerprint density at radius 3 is 2.40 bits per heavy atom. The van der Waals surface area contributed by atoms with Crippen molar-refractivity contribution >= 4 is 5.82 Å². The Morgan fingerprint density at radius 2 is 1.90 bits per heavy atom. The van der Waals surface area contributed by atoms with Gasteiger partial charge >= 0.3 is 0 Å². The molecule has 20 heavy (non-hydrogen) atoms. The summed E-state index contributed by atoms with van der Waals surface area (Å²) in [5.74, 6) is 2.07. The van der Waals surface area contributed by atoms with E-state index in [-0.39, 0.29) is 0 Å². The molecule has 0 amide bonds. The number of hydrogen-bond acceptors (Lipinski definition) is 2. The lowest BCUT2D eigenvalue weighted by molar-refractivity contribution is 0.684. The monoisotopic (exact) mass is 269 g/mol. The van der Waals surface area contributed by atoms with Crippen molar-refractivity contribution < 1.29 is 0 Å². The number of nitrogens with two attached hydrogens (primary N) is 1. The molecule has 0 saturated carbocycles. The molecule has 3 nitrogen and oxygen atoms in total. The van der Waals surface area contributed by atoms with Gasteiger partial charge in [0.25, 0.3) is 0 Å². The zero-order valence-electron chi connectivity index (χ0n) is 12.8. The van der Waals surface area contributed by atoms with Gasteiger partial charge in [0, 0.05) is 18.0 Å². The fraction of sp³-hybridized carbons (Fsp3) is 0.353. The lowest BCUT2D eigenvalue weighted by Gasteiger charge is -2.10. The van der Waals surface area contributed by atoms with E-state index in [4.69, 9.17) is 10.7 Å². The molecule has 0 unspecified atom stereocenters. The van der Waals surface area contributed by atoms with Gasteiger partial charge in [0.2, 0.25) is 0 Å². The zero-order valence-corrected chi connectivity index (χ0v) is 12.8. The third-order valence-electron chi connectivity index (χ3n) is 3.58. The van der Waals surface area contributed by atoms with Crippen LogP contribution in [0, 0.1) is 13.8 Å². The quantitative estimate of drug-likeness (QED) is 0.851. The van der Waals surface area contributed by atoms with Crippen molar-refractivity contribution in [3.63, 3.8) is 0 Å². The molecule has 0 spiro atoms. The van der Waals surface area contributed by atoms with E-state index in [0.29, 0.717) is 12.5 Å². The van der Waals surface area contributed by atoms with E-state index in [9.17, 15) is 0 Å². The molecular weight excluding hydrogens is 246 g/mol. The van der Waals surface area contributed by atoms with Crippen LogP contribution in [0.1, 0.15) is 36.7 Å². The van der Waals surface area contributed by atoms with Crippen molar-refractivity contribution in [1.29, 1.82) is 0 Å². The summed E-state index contributed by atoms with van der Waals surface area (Å²) >= 11 is 0. The van der Waals surface area contributed by atoms with Crippen LogP contribution in [0.15, 0.2) is 30.9 Å². The van der Waals surface area contributed by atoms with E-state index >= 15 is 0 Å². The van der Waals surface area contributed by atoms with Crippen LogP contribution < -0.4 is 5.73 Å². The van der Waals surface area contributed by atoms with Gasteiger partial charge in [-0.05, 0) is 25.0 Å². The highest BCUT2D eigenvalue weighted by atomic mass is 15.1. The summed E-state index contributed by atoms with van der Waals surface area (Å²) < 4.78 is 2.05. The van der Waals surface area contributed by atoms with Crippen LogP contribution in [0.3, 0.4) is 0 Å². The molecule has 1 heterocycles. The lowest BCUT2D eigenvalue weighted by atomic mass is 10.00. The first kappa shape index (κ1) is 14.4. The van der Waals surface area contributed by atoms with Crippen LogP contribution in [0.2, 0.25) is 0 Å². The van der Waals surface area contributed by atoms with E-state index in [1.165, 1.54) is 11.1 Å². The van der Waals surface area contributed by atoms with Crippen molar-refractivity contribution in [2.45, 2.75) is 40.2 Å². The molecule has 106 valence electrons. The molecule has 0 radical (unpaired) electrons. The molecule has 0 saturated heterocycles. The van der Waals surface area contributed by atoms with Crippen LogP contribution >= 0.6 is 0 Å². The van der Waals surface area contributed by atoms with Gasteiger partial charge in [-0.25, -0.2) is 4.98 Å². The maximum absolute atomic E-state index is 6.35. The van der Waals surface area contributed by atoms with Gasteiger partial charge in [0.1, 0.15) is 17.3 Å². The highest BCUT2D eigenvalue weighted by Gasteiger charge is 2.19. The molecule has 0 fully saturated rings. The van der Waals surface area contributed by atoms with E-state index in [1.54, 1.807) is 0 Å². The number of hydrogen-bond donors (Lipinski definition) is 1. The van der Waals surface area contributed by atoms with Crippen molar-refractivity contribution in [3.05, 3.63) is 47.8 Å². The molecule has 2 N–H and O–H groups in total. The average Bonchev–Trinajstić information content (AvgIpc) is 2.69. The SMILES string of the molecule is C=CCn1c(C(C)C)nc(-c2c(C)cccc2C)c1N. The van der Waals surface area contributed by atoms with Gasteiger partial charge in [0.05, 0.1) is 0 Å². The Bertz CT molecular complexity index is 616. The van der Waals surface area contributed by atoms with Crippen LogP contribution in [0.4, 0.5) is 5.82 Å². The van der Waals surface area contributed by atoms with E-state index < -0.39 is 0 Å². The van der Waals surface area contributed by atoms with E-state index in [0.717, 1.165) is 22.9 Å². The molecule has 3 heteroatoms. The third-order valence-corrected chi connectivity index (χ3v) is 3.58. The van der Waals surface area contributed by atoms with Gasteiger partial charge < -0.3 is 10.3 Å². The highest BCUT2D eigenvalue weighted by molar-refractivity contribution is 5.76. The molecule has 1 aromatic heterocycles. The van der Waals surface area contributed by atoms with Crippen LogP contribution in [0.5, 0.6) is 0 Å². The van der Waals surface area contributed by atoms with Crippen molar-refractivity contribution in [2.75, 3.05) is 5.73 Å². The summed E-state index contributed by atoms with van der Waals surface area (Å²) in [6.07, 6.45) is 1.86. The number of benzene rings is 1. The Morgan fingerprint density at radius 1 is 1.30 bits per heavy atom. The number of imidazole rings is 1. The second-order valence-corrected chi connectivity index (χ2v) is 5.52. The molecule has 1 aromatic carbocycles. The van der Waals surface area contributed by atoms with Gasteiger partial charge in [0.15, 0.2) is 0 Å². The summed E-state index contributed by atoms with van der Waals surface area (Å²) in [6, 6.07) is 6.27. The Hall–Kier alpha value is -2.03. The second kappa shape index (κ2) is 5.53. The number of aromatic nitrogens is 2. The molecular formula is C17H23N3. The minimum absolute atomic E-state index is 0.329. The zero-order chi connectivity index (χ0) is 14.9. The highest BCUT2D eigenvalue weighted by Crippen LogP contribution is 2.33. The maximum Gasteiger partial charge on any atom is 0.132 e. The first-order chi connectivity index (χ1) is 9.47. The van der Waals surface area contributed by atoms with Crippen LogP contribution in [-0.2, 0) is 6.54 Å². The standard InChI is InChI=1S/C17H23N3/c1-6-10-20-16(18)15(19-17(20)11(2)3)14-12(4)8-7-9-13(14)5/h6-9,11H,1,10,18H2,2-5H3. The number of aryl methyl sites for hydroxylation is 2. The first-order valence-corrected chi connectivity index (χ1v) is 7.00. The molecule has 2 rings (SSSR count). The van der Waals surface area contributed by atoms with Crippen molar-refractivity contribution in [1.82, 2.24) is 9.55 Å². The summed E-state index contributed by atoms with van der Waals surface area (Å²) in [4.78, 5) is 4.81. The number of anilines is 1. The van der Waals surface area contributed by atoms with E-state index in [2.05, 4.69) is 57.0 Å². The van der Waals surface area contributed by atoms with Gasteiger partial charge in [-0.1, -0.05) is 38.1 Å². The summed E-state index contributed by atoms with van der Waals surface area (Å²) in [7, 11) is 0. The first-order valence-electron chi connectivity index (χ1n) is 7.00. The summed E-state index contributed by atoms with van der Waals surface area (Å²) in [5, 5.41) is 0. The molecule has 0 bridgehead atoms. The normalized spacial score (nSPS) is 11.1. The topological polar surface area (TPSA) is 43.8 Å². The minimum atomic E-state index is 0.329. The van der Waals surface area contributed by atoms with Gasteiger partial charge in [-0.3, -0.25) is 0 Å². The molecule has 0 atom stereocenters. The van der Waals surface area contributed by atoms with Crippen molar-refractivity contribution in [3.8, 4) is 11.3 Å². The number of nitrogens with zero attached hydrogens (tertiary/aromatic N) is 2. The second-order valence-electron chi connectivity index (χ2n) is 5.52. The molecule has 0 aliphatic rings. The molecule has 0 aliphatic heterocycles. The minimum Gasteiger partial charge on any atom is -0.383 e. The Balaban J connectivity index is 2.69. The Labute approximate surface area is 121 Å². The summed E-state index contributed by atoms with van der Waals surface area (Å²) in [5.41, 5.74) is 10.8. The van der Waals surface area contributed by atoms with Gasteiger partial charge in [-0.2, -0.15) is 0 Å². The number of nitrogen functional groups attached to an aromatic ring is 1. The maximum atomic E-state index is 6.35. The van der Waals surface area contributed by atoms with Gasteiger partial charge in [-0.15, -0.1) is 6.58 Å². The third kappa shape index (κ3) is 2.36. The largest absolute Gasteiger partial charge is 0.383 e. The fourth-order valence-electron chi connectivity index (χ4n) is 2.62. The predicted molar refractivity (Wildman–Crippen MR) is 85.8 cm³/mol. The average molecular weight is 269 g/mol. The smallest absolute Gasteiger partial charge is 0.132 e. The lowest BCUT2D eigenvalue weighted by Crippen LogP contribution is -2.07. The molecule has 2 aromatic rings.